The summed E-state index contributed by atoms with van der Waals surface area (Å²) >= 11 is 0. The molecule has 0 radical (unpaired) electrons. The smallest absolute Gasteiger partial charge is 0.224 e. The SMILES string of the molecule is O=C1C[C@H]2C=CCc3cccc(c32)CN1Cc1ccc(F)cc1. The molecule has 2 aliphatic rings. The molecule has 1 amide bonds. The molecule has 0 bridgehead atoms. The van der Waals surface area contributed by atoms with Crippen molar-refractivity contribution in [2.75, 3.05) is 0 Å². The van der Waals surface area contributed by atoms with Crippen LogP contribution < -0.4 is 0 Å². The number of hydrogen-bond acceptors (Lipinski definition) is 1. The van der Waals surface area contributed by atoms with Gasteiger partial charge in [-0.1, -0.05) is 42.5 Å². The molecule has 0 fully saturated rings. The van der Waals surface area contributed by atoms with Crippen LogP contribution in [0.15, 0.2) is 54.6 Å². The largest absolute Gasteiger partial charge is 0.334 e. The van der Waals surface area contributed by atoms with Crippen LogP contribution >= 0.6 is 0 Å². The average molecular weight is 307 g/mol. The van der Waals surface area contributed by atoms with E-state index in [4.69, 9.17) is 0 Å². The van der Waals surface area contributed by atoms with E-state index in [0.29, 0.717) is 19.5 Å². The summed E-state index contributed by atoms with van der Waals surface area (Å²) in [6, 6.07) is 12.8. The minimum absolute atomic E-state index is 0.160. The van der Waals surface area contributed by atoms with Crippen molar-refractivity contribution in [3.8, 4) is 0 Å². The lowest BCUT2D eigenvalue weighted by molar-refractivity contribution is -0.132. The number of allylic oxidation sites excluding steroid dienone is 2. The molecule has 2 nitrogen and oxygen atoms in total. The number of halogens is 1. The van der Waals surface area contributed by atoms with Gasteiger partial charge >= 0.3 is 0 Å². The number of rotatable bonds is 2. The van der Waals surface area contributed by atoms with Gasteiger partial charge in [-0.05, 0) is 40.8 Å². The molecule has 2 aromatic carbocycles. The average Bonchev–Trinajstić information content (AvgIpc) is 2.69. The second kappa shape index (κ2) is 5.65. The predicted molar refractivity (Wildman–Crippen MR) is 87.3 cm³/mol. The third kappa shape index (κ3) is 2.67. The molecule has 4 rings (SSSR count). The fraction of sp³-hybridized carbons (Fsp3) is 0.250. The van der Waals surface area contributed by atoms with Crippen molar-refractivity contribution in [1.29, 1.82) is 0 Å². The summed E-state index contributed by atoms with van der Waals surface area (Å²) in [6.07, 6.45) is 5.80. The Labute approximate surface area is 135 Å². The van der Waals surface area contributed by atoms with Gasteiger partial charge < -0.3 is 4.90 Å². The van der Waals surface area contributed by atoms with Crippen molar-refractivity contribution >= 4 is 5.91 Å². The van der Waals surface area contributed by atoms with Gasteiger partial charge in [0.05, 0.1) is 0 Å². The van der Waals surface area contributed by atoms with E-state index in [0.717, 1.165) is 12.0 Å². The summed E-state index contributed by atoms with van der Waals surface area (Å²) in [6.45, 7) is 1.16. The Bertz CT molecular complexity index is 779. The van der Waals surface area contributed by atoms with Crippen molar-refractivity contribution in [2.45, 2.75) is 31.8 Å². The van der Waals surface area contributed by atoms with Gasteiger partial charge in [-0.15, -0.1) is 0 Å². The molecular weight excluding hydrogens is 289 g/mol. The van der Waals surface area contributed by atoms with Gasteiger partial charge in [0, 0.05) is 25.4 Å². The Balaban J connectivity index is 1.66. The molecule has 1 heterocycles. The zero-order valence-electron chi connectivity index (χ0n) is 12.8. The fourth-order valence-electron chi connectivity index (χ4n) is 3.65. The van der Waals surface area contributed by atoms with Crippen molar-refractivity contribution in [2.24, 2.45) is 0 Å². The van der Waals surface area contributed by atoms with Gasteiger partial charge in [0.1, 0.15) is 5.82 Å². The minimum atomic E-state index is -0.248. The van der Waals surface area contributed by atoms with Crippen LogP contribution in [-0.4, -0.2) is 10.8 Å². The highest BCUT2D eigenvalue weighted by Gasteiger charge is 2.29. The van der Waals surface area contributed by atoms with Crippen LogP contribution in [0.5, 0.6) is 0 Å². The monoisotopic (exact) mass is 307 g/mol. The normalized spacial score (nSPS) is 19.4. The number of hydrogen-bond donors (Lipinski definition) is 0. The maximum absolute atomic E-state index is 13.1. The Morgan fingerprint density at radius 2 is 1.87 bits per heavy atom. The van der Waals surface area contributed by atoms with E-state index in [1.165, 1.54) is 28.8 Å². The molecule has 0 saturated heterocycles. The lowest BCUT2D eigenvalue weighted by Gasteiger charge is -2.21. The maximum atomic E-state index is 13.1. The molecule has 1 aliphatic heterocycles. The molecule has 0 spiro atoms. The van der Waals surface area contributed by atoms with E-state index in [-0.39, 0.29) is 17.6 Å². The lowest BCUT2D eigenvalue weighted by Crippen LogP contribution is -2.28. The van der Waals surface area contributed by atoms with E-state index >= 15 is 0 Å². The summed E-state index contributed by atoms with van der Waals surface area (Å²) in [4.78, 5) is 14.6. The van der Waals surface area contributed by atoms with Gasteiger partial charge in [0.15, 0.2) is 0 Å². The second-order valence-corrected chi connectivity index (χ2v) is 6.31. The molecule has 23 heavy (non-hydrogen) atoms. The molecule has 0 unspecified atom stereocenters. The molecule has 2 aromatic rings. The lowest BCUT2D eigenvalue weighted by atomic mass is 9.83. The number of nitrogens with zero attached hydrogens (tertiary/aromatic N) is 1. The second-order valence-electron chi connectivity index (χ2n) is 6.31. The molecule has 1 aliphatic carbocycles. The van der Waals surface area contributed by atoms with Crippen molar-refractivity contribution < 1.29 is 9.18 Å². The van der Waals surface area contributed by atoms with E-state index in [1.54, 1.807) is 12.1 Å². The summed E-state index contributed by atoms with van der Waals surface area (Å²) in [5.74, 6) is 0.107. The van der Waals surface area contributed by atoms with Gasteiger partial charge in [0.2, 0.25) is 5.91 Å². The Morgan fingerprint density at radius 1 is 1.09 bits per heavy atom. The molecular formula is C20H18FNO. The van der Waals surface area contributed by atoms with Gasteiger partial charge in [-0.25, -0.2) is 4.39 Å². The highest BCUT2D eigenvalue weighted by molar-refractivity contribution is 5.79. The fourth-order valence-corrected chi connectivity index (χ4v) is 3.65. The predicted octanol–water partition coefficient (Wildman–Crippen LogP) is 3.95. The first-order valence-corrected chi connectivity index (χ1v) is 8.00. The van der Waals surface area contributed by atoms with Crippen molar-refractivity contribution in [1.82, 2.24) is 4.90 Å². The molecule has 116 valence electrons. The van der Waals surface area contributed by atoms with E-state index in [2.05, 4.69) is 30.4 Å². The number of amides is 1. The number of carbonyl (C=O) groups excluding carboxylic acids is 1. The summed E-state index contributed by atoms with van der Waals surface area (Å²) in [5, 5.41) is 0. The van der Waals surface area contributed by atoms with Gasteiger partial charge in [-0.2, -0.15) is 0 Å². The first-order valence-electron chi connectivity index (χ1n) is 8.00. The van der Waals surface area contributed by atoms with Crippen LogP contribution in [0.25, 0.3) is 0 Å². The van der Waals surface area contributed by atoms with Gasteiger partial charge in [0.25, 0.3) is 0 Å². The molecule has 3 heteroatoms. The summed E-state index contributed by atoms with van der Waals surface area (Å²) in [5.41, 5.74) is 4.88. The standard InChI is InChI=1S/C20H18FNO/c21-18-9-7-14(8-10-18)12-22-13-17-6-2-4-15-3-1-5-16(20(15)17)11-19(22)23/h1-2,4-10,16H,3,11-13H2/t16-/m1/s1. The first kappa shape index (κ1) is 14.2. The first-order chi connectivity index (χ1) is 11.2. The third-order valence-electron chi connectivity index (χ3n) is 4.76. The van der Waals surface area contributed by atoms with Crippen LogP contribution in [0.1, 0.15) is 34.6 Å². The van der Waals surface area contributed by atoms with Crippen LogP contribution in [0, 0.1) is 5.82 Å². The van der Waals surface area contributed by atoms with Crippen LogP contribution in [0.2, 0.25) is 0 Å². The number of carbonyl (C=O) groups is 1. The molecule has 0 N–H and O–H groups in total. The zero-order chi connectivity index (χ0) is 15.8. The third-order valence-corrected chi connectivity index (χ3v) is 4.76. The van der Waals surface area contributed by atoms with Crippen molar-refractivity contribution in [3.05, 3.63) is 82.7 Å². The van der Waals surface area contributed by atoms with E-state index < -0.39 is 0 Å². The Hall–Kier alpha value is -2.42. The maximum Gasteiger partial charge on any atom is 0.224 e. The van der Waals surface area contributed by atoms with Crippen LogP contribution in [0.4, 0.5) is 4.39 Å². The quantitative estimate of drug-likeness (QED) is 0.769. The minimum Gasteiger partial charge on any atom is -0.334 e. The van der Waals surface area contributed by atoms with Gasteiger partial charge in [-0.3, -0.25) is 4.79 Å². The Kier molecular flexibility index (Phi) is 3.49. The van der Waals surface area contributed by atoms with E-state index in [9.17, 15) is 9.18 Å². The topological polar surface area (TPSA) is 20.3 Å². The van der Waals surface area contributed by atoms with Crippen LogP contribution in [0.3, 0.4) is 0 Å². The van der Waals surface area contributed by atoms with Crippen LogP contribution in [-0.2, 0) is 24.3 Å². The van der Waals surface area contributed by atoms with Crippen molar-refractivity contribution in [3.63, 3.8) is 0 Å². The molecule has 1 atom stereocenters. The highest BCUT2D eigenvalue weighted by atomic mass is 19.1. The Morgan fingerprint density at radius 3 is 2.70 bits per heavy atom. The summed E-state index contributed by atoms with van der Waals surface area (Å²) < 4.78 is 13.1. The molecule has 0 aromatic heterocycles. The highest BCUT2D eigenvalue weighted by Crippen LogP contribution is 2.36. The molecule has 0 saturated carbocycles. The number of benzene rings is 2. The van der Waals surface area contributed by atoms with E-state index in [1.807, 2.05) is 4.90 Å². The zero-order valence-corrected chi connectivity index (χ0v) is 12.8. The summed E-state index contributed by atoms with van der Waals surface area (Å²) in [7, 11) is 0.